The molecular formula is C21H22N4OS. The van der Waals surface area contributed by atoms with Gasteiger partial charge in [-0.25, -0.2) is 0 Å². The minimum absolute atomic E-state index is 0.106. The summed E-state index contributed by atoms with van der Waals surface area (Å²) in [6.45, 7) is 1.21. The van der Waals surface area contributed by atoms with Gasteiger partial charge < -0.3 is 5.32 Å². The fourth-order valence-electron chi connectivity index (χ4n) is 3.44. The number of aromatic nitrogens is 3. The van der Waals surface area contributed by atoms with Gasteiger partial charge in [-0.3, -0.25) is 14.5 Å². The number of allylic oxidation sites excluding steroid dienone is 2. The van der Waals surface area contributed by atoms with Gasteiger partial charge in [-0.2, -0.15) is 5.10 Å². The zero-order chi connectivity index (χ0) is 18.5. The van der Waals surface area contributed by atoms with Crippen molar-refractivity contribution in [2.75, 3.05) is 6.54 Å². The van der Waals surface area contributed by atoms with Crippen LogP contribution < -0.4 is 5.32 Å². The second-order valence-corrected chi connectivity index (χ2v) is 7.56. The van der Waals surface area contributed by atoms with Crippen LogP contribution in [0.15, 0.2) is 60.4 Å². The summed E-state index contributed by atoms with van der Waals surface area (Å²) in [5.74, 6) is 0.254. The Morgan fingerprint density at radius 3 is 2.89 bits per heavy atom. The van der Waals surface area contributed by atoms with Crippen molar-refractivity contribution in [1.82, 2.24) is 20.1 Å². The fraction of sp³-hybridized carbons (Fsp3) is 0.286. The molecule has 0 saturated carbocycles. The van der Waals surface area contributed by atoms with Crippen LogP contribution in [0.5, 0.6) is 0 Å². The molecule has 0 saturated heterocycles. The van der Waals surface area contributed by atoms with Crippen molar-refractivity contribution in [1.29, 1.82) is 0 Å². The van der Waals surface area contributed by atoms with E-state index in [0.717, 1.165) is 36.1 Å². The van der Waals surface area contributed by atoms with E-state index >= 15 is 0 Å². The SMILES string of the molecule is O=C(NCCn1ncc(-c2cccs2)c1-c1ccncc1)[C@H]1CC=CCC1. The molecule has 1 N–H and O–H groups in total. The molecule has 3 aromatic rings. The Morgan fingerprint density at radius 1 is 1.26 bits per heavy atom. The van der Waals surface area contributed by atoms with Gasteiger partial charge in [0.05, 0.1) is 18.4 Å². The monoisotopic (exact) mass is 378 g/mol. The minimum atomic E-state index is 0.106. The molecular weight excluding hydrogens is 356 g/mol. The Bertz CT molecular complexity index is 915. The first-order valence-electron chi connectivity index (χ1n) is 9.25. The number of nitrogens with zero attached hydrogens (tertiary/aromatic N) is 3. The summed E-state index contributed by atoms with van der Waals surface area (Å²) in [6, 6.07) is 8.15. The van der Waals surface area contributed by atoms with Crippen LogP contribution >= 0.6 is 11.3 Å². The van der Waals surface area contributed by atoms with Crippen molar-refractivity contribution in [2.45, 2.75) is 25.8 Å². The van der Waals surface area contributed by atoms with Gasteiger partial charge >= 0.3 is 0 Å². The van der Waals surface area contributed by atoms with Gasteiger partial charge in [0, 0.05) is 40.9 Å². The maximum Gasteiger partial charge on any atom is 0.223 e. The molecule has 0 aromatic carbocycles. The van der Waals surface area contributed by atoms with Crippen molar-refractivity contribution >= 4 is 17.2 Å². The van der Waals surface area contributed by atoms with Gasteiger partial charge in [0.2, 0.25) is 5.91 Å². The summed E-state index contributed by atoms with van der Waals surface area (Å²) >= 11 is 1.70. The predicted molar refractivity (Wildman–Crippen MR) is 108 cm³/mol. The molecule has 1 atom stereocenters. The summed E-state index contributed by atoms with van der Waals surface area (Å²) < 4.78 is 1.98. The lowest BCUT2D eigenvalue weighted by Crippen LogP contribution is -2.33. The van der Waals surface area contributed by atoms with Crippen molar-refractivity contribution < 1.29 is 4.79 Å². The lowest BCUT2D eigenvalue weighted by molar-refractivity contribution is -0.125. The molecule has 27 heavy (non-hydrogen) atoms. The zero-order valence-corrected chi connectivity index (χ0v) is 15.9. The van der Waals surface area contributed by atoms with Crippen molar-refractivity contribution in [3.63, 3.8) is 0 Å². The summed E-state index contributed by atoms with van der Waals surface area (Å²) in [6.07, 6.45) is 12.5. The third-order valence-electron chi connectivity index (χ3n) is 4.84. The first-order chi connectivity index (χ1) is 13.3. The van der Waals surface area contributed by atoms with Crippen LogP contribution in [0, 0.1) is 5.92 Å². The normalized spacial score (nSPS) is 16.4. The minimum Gasteiger partial charge on any atom is -0.354 e. The average Bonchev–Trinajstić information content (AvgIpc) is 3.39. The number of hydrogen-bond donors (Lipinski definition) is 1. The standard InChI is InChI=1S/C21H22N4OS/c26-21(17-5-2-1-3-6-17)23-12-13-25-20(16-8-10-22-11-9-16)18(15-24-25)19-7-4-14-27-19/h1-2,4,7-11,14-15,17H,3,5-6,12-13H2,(H,23,26)/t17-/m0/s1. The second-order valence-electron chi connectivity index (χ2n) is 6.62. The molecule has 0 fully saturated rings. The third kappa shape index (κ3) is 4.01. The van der Waals surface area contributed by atoms with Crippen LogP contribution in [0.4, 0.5) is 0 Å². The Hall–Kier alpha value is -2.73. The van der Waals surface area contributed by atoms with Crippen LogP contribution in [0.1, 0.15) is 19.3 Å². The van der Waals surface area contributed by atoms with Gasteiger partial charge in [0.15, 0.2) is 0 Å². The van der Waals surface area contributed by atoms with E-state index in [4.69, 9.17) is 0 Å². The lowest BCUT2D eigenvalue weighted by atomic mass is 9.94. The quantitative estimate of drug-likeness (QED) is 0.656. The second kappa shape index (κ2) is 8.31. The van der Waals surface area contributed by atoms with E-state index in [1.807, 2.05) is 29.1 Å². The van der Waals surface area contributed by atoms with Crippen LogP contribution in [-0.2, 0) is 11.3 Å². The molecule has 1 aliphatic rings. The summed E-state index contributed by atoms with van der Waals surface area (Å²) in [7, 11) is 0. The van der Waals surface area contributed by atoms with Crippen LogP contribution in [0.2, 0.25) is 0 Å². The number of rotatable bonds is 6. The maximum atomic E-state index is 12.4. The number of nitrogens with one attached hydrogen (secondary N) is 1. The van der Waals surface area contributed by atoms with E-state index in [2.05, 4.69) is 39.0 Å². The number of carbonyl (C=O) groups is 1. The van der Waals surface area contributed by atoms with Crippen molar-refractivity contribution in [2.24, 2.45) is 5.92 Å². The van der Waals surface area contributed by atoms with Crippen molar-refractivity contribution in [3.8, 4) is 21.7 Å². The molecule has 0 aliphatic heterocycles. The number of carbonyl (C=O) groups excluding carboxylic acids is 1. The van der Waals surface area contributed by atoms with E-state index in [-0.39, 0.29) is 11.8 Å². The lowest BCUT2D eigenvalue weighted by Gasteiger charge is -2.17. The fourth-order valence-corrected chi connectivity index (χ4v) is 4.18. The average molecular weight is 379 g/mol. The van der Waals surface area contributed by atoms with Gasteiger partial charge in [0.25, 0.3) is 0 Å². The molecule has 1 amide bonds. The summed E-state index contributed by atoms with van der Waals surface area (Å²) in [5, 5.41) is 9.75. The molecule has 138 valence electrons. The van der Waals surface area contributed by atoms with E-state index in [9.17, 15) is 4.79 Å². The molecule has 0 bridgehead atoms. The molecule has 0 radical (unpaired) electrons. The highest BCUT2D eigenvalue weighted by molar-refractivity contribution is 7.13. The first-order valence-corrected chi connectivity index (χ1v) is 10.1. The molecule has 1 aliphatic carbocycles. The summed E-state index contributed by atoms with van der Waals surface area (Å²) in [5.41, 5.74) is 3.25. The zero-order valence-electron chi connectivity index (χ0n) is 15.0. The van der Waals surface area contributed by atoms with Crippen molar-refractivity contribution in [3.05, 3.63) is 60.4 Å². The van der Waals surface area contributed by atoms with Crippen LogP contribution in [0.3, 0.4) is 0 Å². The molecule has 0 spiro atoms. The third-order valence-corrected chi connectivity index (χ3v) is 5.75. The van der Waals surface area contributed by atoms with Gasteiger partial charge in [0.1, 0.15) is 0 Å². The van der Waals surface area contributed by atoms with E-state index in [1.54, 1.807) is 23.7 Å². The predicted octanol–water partition coefficient (Wildman–Crippen LogP) is 4.15. The molecule has 3 aromatic heterocycles. The van der Waals surface area contributed by atoms with E-state index in [0.29, 0.717) is 13.1 Å². The highest BCUT2D eigenvalue weighted by Gasteiger charge is 2.19. The maximum absolute atomic E-state index is 12.4. The topological polar surface area (TPSA) is 59.8 Å². The molecule has 6 heteroatoms. The molecule has 4 rings (SSSR count). The molecule has 5 nitrogen and oxygen atoms in total. The van der Waals surface area contributed by atoms with Gasteiger partial charge in [-0.1, -0.05) is 18.2 Å². The Morgan fingerprint density at radius 2 is 2.15 bits per heavy atom. The largest absolute Gasteiger partial charge is 0.354 e. The number of thiophene rings is 1. The van der Waals surface area contributed by atoms with E-state index < -0.39 is 0 Å². The van der Waals surface area contributed by atoms with Gasteiger partial charge in [-0.15, -0.1) is 11.3 Å². The number of pyridine rings is 1. The number of amides is 1. The number of hydrogen-bond acceptors (Lipinski definition) is 4. The van der Waals surface area contributed by atoms with Crippen LogP contribution in [-0.4, -0.2) is 27.2 Å². The highest BCUT2D eigenvalue weighted by Crippen LogP contribution is 2.34. The first kappa shape index (κ1) is 17.7. The van der Waals surface area contributed by atoms with E-state index in [1.165, 1.54) is 4.88 Å². The smallest absolute Gasteiger partial charge is 0.223 e. The molecule has 3 heterocycles. The van der Waals surface area contributed by atoms with Gasteiger partial charge in [-0.05, 0) is 42.8 Å². The highest BCUT2D eigenvalue weighted by atomic mass is 32.1. The Kier molecular flexibility index (Phi) is 5.44. The summed E-state index contributed by atoms with van der Waals surface area (Å²) in [4.78, 5) is 17.7. The molecule has 0 unspecified atom stereocenters. The Balaban J connectivity index is 1.51. The Labute approximate surface area is 162 Å². The van der Waals surface area contributed by atoms with Crippen LogP contribution in [0.25, 0.3) is 21.7 Å².